The van der Waals surface area contributed by atoms with Gasteiger partial charge < -0.3 is 10.6 Å². The summed E-state index contributed by atoms with van der Waals surface area (Å²) in [5.74, 6) is 0. The molecule has 0 aliphatic rings. The van der Waals surface area contributed by atoms with Crippen molar-refractivity contribution in [3.8, 4) is 0 Å². The molecule has 2 aromatic carbocycles. The third-order valence-electron chi connectivity index (χ3n) is 2.85. The molecule has 2 aromatic rings. The fourth-order valence-corrected chi connectivity index (χ4v) is 2.29. The van der Waals surface area contributed by atoms with Crippen LogP contribution in [0.4, 0.5) is 5.69 Å². The molecule has 4 heteroatoms. The normalized spacial score (nSPS) is 10.1. The minimum atomic E-state index is 0.625. The summed E-state index contributed by atoms with van der Waals surface area (Å²) in [6.45, 7) is 0.849. The number of benzene rings is 2. The first-order chi connectivity index (χ1) is 9.74. The fourth-order valence-electron chi connectivity index (χ4n) is 1.88. The highest BCUT2D eigenvalue weighted by Gasteiger charge is 1.98. The maximum absolute atomic E-state index is 5.92. The highest BCUT2D eigenvalue weighted by Crippen LogP contribution is 2.14. The molecule has 0 radical (unpaired) electrons. The highest BCUT2D eigenvalue weighted by atomic mass is 35.5. The van der Waals surface area contributed by atoms with Crippen LogP contribution in [0, 0.1) is 0 Å². The summed E-state index contributed by atoms with van der Waals surface area (Å²) >= 11 is 11.2. The Labute approximate surface area is 130 Å². The van der Waals surface area contributed by atoms with Crippen LogP contribution >= 0.6 is 23.8 Å². The Balaban J connectivity index is 1.68. The van der Waals surface area contributed by atoms with Crippen molar-refractivity contribution in [1.82, 2.24) is 5.32 Å². The lowest BCUT2D eigenvalue weighted by molar-refractivity contribution is 0.777. The molecule has 104 valence electrons. The zero-order chi connectivity index (χ0) is 14.2. The third kappa shape index (κ3) is 5.19. The zero-order valence-electron chi connectivity index (χ0n) is 11.1. The van der Waals surface area contributed by atoms with E-state index < -0.39 is 0 Å². The topological polar surface area (TPSA) is 24.1 Å². The van der Waals surface area contributed by atoms with Crippen LogP contribution in [0.3, 0.4) is 0 Å². The second-order valence-corrected chi connectivity index (χ2v) is 5.33. The van der Waals surface area contributed by atoms with E-state index in [-0.39, 0.29) is 0 Å². The molecule has 20 heavy (non-hydrogen) atoms. The predicted molar refractivity (Wildman–Crippen MR) is 90.4 cm³/mol. The standard InChI is InChI=1S/C16H17ClN2S/c17-14-9-4-10-15(12-14)19-16(20)18-11-5-8-13-6-2-1-3-7-13/h1-4,6-7,9-10,12H,5,8,11H2,(H2,18,19,20). The van der Waals surface area contributed by atoms with Crippen molar-refractivity contribution in [2.75, 3.05) is 11.9 Å². The van der Waals surface area contributed by atoms with Crippen molar-refractivity contribution in [1.29, 1.82) is 0 Å². The smallest absolute Gasteiger partial charge is 0.170 e. The Morgan fingerprint density at radius 3 is 2.60 bits per heavy atom. The molecule has 0 bridgehead atoms. The van der Waals surface area contributed by atoms with Gasteiger partial charge in [0.15, 0.2) is 5.11 Å². The minimum Gasteiger partial charge on any atom is -0.362 e. The van der Waals surface area contributed by atoms with Gasteiger partial charge in [0.25, 0.3) is 0 Å². The predicted octanol–water partition coefficient (Wildman–Crippen LogP) is 4.26. The first-order valence-corrected chi connectivity index (χ1v) is 7.37. The fraction of sp³-hybridized carbons (Fsp3) is 0.188. The van der Waals surface area contributed by atoms with Gasteiger partial charge in [0.2, 0.25) is 0 Å². The van der Waals surface area contributed by atoms with Crippen LogP contribution < -0.4 is 10.6 Å². The quantitative estimate of drug-likeness (QED) is 0.637. The summed E-state index contributed by atoms with van der Waals surface area (Å²) in [4.78, 5) is 0. The van der Waals surface area contributed by atoms with E-state index in [4.69, 9.17) is 23.8 Å². The molecule has 0 saturated heterocycles. The van der Waals surface area contributed by atoms with Gasteiger partial charge in [-0.1, -0.05) is 48.0 Å². The second kappa shape index (κ2) is 7.88. The van der Waals surface area contributed by atoms with E-state index in [0.717, 1.165) is 25.1 Å². The van der Waals surface area contributed by atoms with Crippen LogP contribution in [-0.4, -0.2) is 11.7 Å². The summed E-state index contributed by atoms with van der Waals surface area (Å²) in [6.07, 6.45) is 2.09. The number of nitrogens with one attached hydrogen (secondary N) is 2. The SMILES string of the molecule is S=C(NCCCc1ccccc1)Nc1cccc(Cl)c1. The molecule has 0 aliphatic carbocycles. The molecule has 0 aliphatic heterocycles. The second-order valence-electron chi connectivity index (χ2n) is 4.48. The van der Waals surface area contributed by atoms with Gasteiger partial charge in [-0.15, -0.1) is 0 Å². The van der Waals surface area contributed by atoms with Gasteiger partial charge in [-0.2, -0.15) is 0 Å². The molecule has 0 amide bonds. The van der Waals surface area contributed by atoms with Crippen molar-refractivity contribution in [3.05, 3.63) is 65.2 Å². The summed E-state index contributed by atoms with van der Waals surface area (Å²) in [6, 6.07) is 18.0. The monoisotopic (exact) mass is 304 g/mol. The first kappa shape index (κ1) is 14.8. The zero-order valence-corrected chi connectivity index (χ0v) is 12.7. The van der Waals surface area contributed by atoms with Crippen LogP contribution in [0.15, 0.2) is 54.6 Å². The number of aryl methyl sites for hydroxylation is 1. The van der Waals surface area contributed by atoms with Crippen molar-refractivity contribution in [2.45, 2.75) is 12.8 Å². The molecule has 0 saturated carbocycles. The van der Waals surface area contributed by atoms with E-state index in [1.807, 2.05) is 30.3 Å². The first-order valence-electron chi connectivity index (χ1n) is 6.58. The average molecular weight is 305 g/mol. The summed E-state index contributed by atoms with van der Waals surface area (Å²) in [5, 5.41) is 7.64. The molecule has 2 nitrogen and oxygen atoms in total. The number of anilines is 1. The van der Waals surface area contributed by atoms with Gasteiger partial charge in [0, 0.05) is 17.3 Å². The number of thiocarbonyl (C=S) groups is 1. The largest absolute Gasteiger partial charge is 0.362 e. The molecule has 0 heterocycles. The van der Waals surface area contributed by atoms with Gasteiger partial charge >= 0.3 is 0 Å². The summed E-state index contributed by atoms with van der Waals surface area (Å²) in [7, 11) is 0. The maximum atomic E-state index is 5.92. The van der Waals surface area contributed by atoms with E-state index in [2.05, 4.69) is 34.9 Å². The van der Waals surface area contributed by atoms with Gasteiger partial charge in [0.1, 0.15) is 0 Å². The average Bonchev–Trinajstić information content (AvgIpc) is 2.45. The molecule has 0 spiro atoms. The van der Waals surface area contributed by atoms with Gasteiger partial charge in [0.05, 0.1) is 0 Å². The highest BCUT2D eigenvalue weighted by molar-refractivity contribution is 7.80. The minimum absolute atomic E-state index is 0.625. The lowest BCUT2D eigenvalue weighted by atomic mass is 10.1. The lowest BCUT2D eigenvalue weighted by Gasteiger charge is -2.10. The van der Waals surface area contributed by atoms with Gasteiger partial charge in [-0.3, -0.25) is 0 Å². The molecular weight excluding hydrogens is 288 g/mol. The Morgan fingerprint density at radius 2 is 1.85 bits per heavy atom. The Morgan fingerprint density at radius 1 is 1.05 bits per heavy atom. The molecule has 0 atom stereocenters. The molecule has 0 aromatic heterocycles. The van der Waals surface area contributed by atoms with Crippen LogP contribution in [0.1, 0.15) is 12.0 Å². The number of hydrogen-bond donors (Lipinski definition) is 2. The Kier molecular flexibility index (Phi) is 5.84. The summed E-state index contributed by atoms with van der Waals surface area (Å²) in [5.41, 5.74) is 2.25. The molecular formula is C16H17ClN2S. The maximum Gasteiger partial charge on any atom is 0.170 e. The molecule has 2 rings (SSSR count). The number of hydrogen-bond acceptors (Lipinski definition) is 1. The van der Waals surface area contributed by atoms with Crippen molar-refractivity contribution < 1.29 is 0 Å². The van der Waals surface area contributed by atoms with Gasteiger partial charge in [-0.05, 0) is 48.8 Å². The number of halogens is 1. The van der Waals surface area contributed by atoms with Gasteiger partial charge in [-0.25, -0.2) is 0 Å². The third-order valence-corrected chi connectivity index (χ3v) is 3.33. The van der Waals surface area contributed by atoms with E-state index >= 15 is 0 Å². The Hall–Kier alpha value is -1.58. The van der Waals surface area contributed by atoms with Crippen LogP contribution in [0.5, 0.6) is 0 Å². The molecule has 2 N–H and O–H groups in total. The van der Waals surface area contributed by atoms with E-state index in [9.17, 15) is 0 Å². The Bertz CT molecular complexity index is 557. The van der Waals surface area contributed by atoms with E-state index in [0.29, 0.717) is 10.1 Å². The van der Waals surface area contributed by atoms with Crippen molar-refractivity contribution >= 4 is 34.6 Å². The number of rotatable bonds is 5. The van der Waals surface area contributed by atoms with Crippen LogP contribution in [0.2, 0.25) is 5.02 Å². The molecule has 0 unspecified atom stereocenters. The van der Waals surface area contributed by atoms with Crippen LogP contribution in [-0.2, 0) is 6.42 Å². The molecule has 0 fully saturated rings. The van der Waals surface area contributed by atoms with E-state index in [1.165, 1.54) is 5.56 Å². The summed E-state index contributed by atoms with van der Waals surface area (Å²) < 4.78 is 0. The lowest BCUT2D eigenvalue weighted by Crippen LogP contribution is -2.29. The van der Waals surface area contributed by atoms with Crippen molar-refractivity contribution in [2.24, 2.45) is 0 Å². The van der Waals surface area contributed by atoms with E-state index in [1.54, 1.807) is 0 Å². The van der Waals surface area contributed by atoms with Crippen molar-refractivity contribution in [3.63, 3.8) is 0 Å². The van der Waals surface area contributed by atoms with Crippen LogP contribution in [0.25, 0.3) is 0 Å².